The van der Waals surface area contributed by atoms with Crippen LogP contribution in [-0.4, -0.2) is 29.7 Å². The van der Waals surface area contributed by atoms with E-state index in [-0.39, 0.29) is 5.75 Å². The van der Waals surface area contributed by atoms with E-state index in [0.29, 0.717) is 16.7 Å². The van der Waals surface area contributed by atoms with Crippen molar-refractivity contribution in [1.29, 1.82) is 0 Å². The second-order valence-corrected chi connectivity index (χ2v) is 3.11. The molecule has 0 saturated carbocycles. The smallest absolute Gasteiger partial charge is 0.328 e. The van der Waals surface area contributed by atoms with Crippen molar-refractivity contribution in [2.24, 2.45) is 0 Å². The molecule has 0 fully saturated rings. The minimum atomic E-state index is 0.0539. The van der Waals surface area contributed by atoms with Crippen LogP contribution < -0.4 is 10.2 Å². The molecule has 0 aliphatic heterocycles. The van der Waals surface area contributed by atoms with E-state index in [1.165, 1.54) is 19.4 Å². The number of phenols is 1. The number of aromatic nitrogens is 1. The molecular weight excluding hydrogens is 193 g/mol. The molecule has 2 aromatic rings. The number of ether oxygens (including phenoxy) is 1. The molecule has 1 radical (unpaired) electrons. The maximum Gasteiger partial charge on any atom is 0.328 e. The Morgan fingerprint density at radius 3 is 2.80 bits per heavy atom. The van der Waals surface area contributed by atoms with Gasteiger partial charge in [0.05, 0.1) is 12.6 Å². The third-order valence-corrected chi connectivity index (χ3v) is 2.15. The molecule has 0 aliphatic rings. The van der Waals surface area contributed by atoms with Crippen LogP contribution in [0.25, 0.3) is 10.9 Å². The minimum Gasteiger partial charge on any atom is -0.504 e. The number of phenolic OH excluding ortho intramolecular Hbond substituents is 1. The van der Waals surface area contributed by atoms with Gasteiger partial charge < -0.3 is 14.9 Å². The number of fused-ring (bicyclic) bond motifs is 1. The van der Waals surface area contributed by atoms with E-state index in [1.54, 1.807) is 12.1 Å². The van der Waals surface area contributed by atoms with Crippen molar-refractivity contribution in [2.45, 2.75) is 0 Å². The fraction of sp³-hybridized carbons (Fsp3) is 0.100. The Hall–Kier alpha value is -1.75. The molecule has 0 spiro atoms. The Balaban J connectivity index is 2.66. The summed E-state index contributed by atoms with van der Waals surface area (Å²) in [5.74, 6) is 0.442. The van der Waals surface area contributed by atoms with Gasteiger partial charge in [0.1, 0.15) is 0 Å². The normalized spacial score (nSPS) is 10.3. The highest BCUT2D eigenvalue weighted by molar-refractivity contribution is 6.45. The topological polar surface area (TPSA) is 62.6 Å². The van der Waals surface area contributed by atoms with Crippen molar-refractivity contribution in [2.75, 3.05) is 7.11 Å². The van der Waals surface area contributed by atoms with Gasteiger partial charge in [-0.1, -0.05) is 6.07 Å². The highest BCUT2D eigenvalue weighted by Gasteiger charge is 2.05. The quantitative estimate of drug-likeness (QED) is 0.682. The summed E-state index contributed by atoms with van der Waals surface area (Å²) in [5, 5.41) is 19.1. The lowest BCUT2D eigenvalue weighted by molar-refractivity contribution is 0.374. The van der Waals surface area contributed by atoms with Gasteiger partial charge in [0.25, 0.3) is 0 Å². The molecule has 1 aromatic carbocycles. The third kappa shape index (κ3) is 1.73. The summed E-state index contributed by atoms with van der Waals surface area (Å²) in [5.41, 5.74) is 1.26. The molecule has 5 heteroatoms. The Bertz CT molecular complexity index is 501. The van der Waals surface area contributed by atoms with Crippen LogP contribution >= 0.6 is 0 Å². The average molecular weight is 202 g/mol. The van der Waals surface area contributed by atoms with Gasteiger partial charge in [-0.25, -0.2) is 0 Å². The van der Waals surface area contributed by atoms with Crippen LogP contribution in [0.2, 0.25) is 0 Å². The molecule has 15 heavy (non-hydrogen) atoms. The van der Waals surface area contributed by atoms with Gasteiger partial charge in [0, 0.05) is 17.6 Å². The molecule has 0 aliphatic carbocycles. The first kappa shape index (κ1) is 9.80. The van der Waals surface area contributed by atoms with Gasteiger partial charge in [-0.3, -0.25) is 4.98 Å². The molecule has 0 bridgehead atoms. The fourth-order valence-electron chi connectivity index (χ4n) is 1.40. The molecule has 75 valence electrons. The predicted molar refractivity (Wildman–Crippen MR) is 57.6 cm³/mol. The van der Waals surface area contributed by atoms with Crippen molar-refractivity contribution in [1.82, 2.24) is 4.98 Å². The molecule has 0 saturated heterocycles. The summed E-state index contributed by atoms with van der Waals surface area (Å²) in [6, 6.07) is 4.95. The molecule has 1 aromatic heterocycles. The molecule has 4 nitrogen and oxygen atoms in total. The fourth-order valence-corrected chi connectivity index (χ4v) is 1.40. The van der Waals surface area contributed by atoms with Crippen LogP contribution in [0.3, 0.4) is 0 Å². The molecular formula is C10H9BNO3. The van der Waals surface area contributed by atoms with E-state index in [9.17, 15) is 5.11 Å². The van der Waals surface area contributed by atoms with E-state index in [4.69, 9.17) is 9.76 Å². The van der Waals surface area contributed by atoms with Crippen LogP contribution in [-0.2, 0) is 0 Å². The first-order valence-corrected chi connectivity index (χ1v) is 4.39. The Labute approximate surface area is 87.4 Å². The largest absolute Gasteiger partial charge is 0.504 e. The second-order valence-electron chi connectivity index (χ2n) is 3.11. The summed E-state index contributed by atoms with van der Waals surface area (Å²) in [4.78, 5) is 4.08. The van der Waals surface area contributed by atoms with Crippen LogP contribution in [0.15, 0.2) is 24.4 Å². The van der Waals surface area contributed by atoms with Crippen LogP contribution in [0.5, 0.6) is 11.5 Å². The summed E-state index contributed by atoms with van der Waals surface area (Å²) >= 11 is 0. The number of benzene rings is 1. The lowest BCUT2D eigenvalue weighted by Crippen LogP contribution is -2.13. The van der Waals surface area contributed by atoms with Crippen LogP contribution in [0.1, 0.15) is 0 Å². The summed E-state index contributed by atoms with van der Waals surface area (Å²) in [6.45, 7) is 0. The molecule has 0 unspecified atom stereocenters. The lowest BCUT2D eigenvalue weighted by Gasteiger charge is -2.05. The van der Waals surface area contributed by atoms with Crippen molar-refractivity contribution >= 4 is 23.8 Å². The summed E-state index contributed by atoms with van der Waals surface area (Å²) < 4.78 is 4.98. The minimum absolute atomic E-state index is 0.0539. The zero-order chi connectivity index (χ0) is 10.8. The lowest BCUT2D eigenvalue weighted by atomic mass is 9.89. The number of hydrogen-bond acceptors (Lipinski definition) is 4. The molecule has 2 N–H and O–H groups in total. The monoisotopic (exact) mass is 202 g/mol. The number of rotatable bonds is 2. The predicted octanol–water partition coefficient (Wildman–Crippen LogP) is 0.186. The van der Waals surface area contributed by atoms with Gasteiger partial charge in [0.15, 0.2) is 11.5 Å². The van der Waals surface area contributed by atoms with E-state index >= 15 is 0 Å². The zero-order valence-corrected chi connectivity index (χ0v) is 8.14. The summed E-state index contributed by atoms with van der Waals surface area (Å²) in [7, 11) is 2.46. The molecule has 2 rings (SSSR count). The number of nitrogens with zero attached hydrogens (tertiary/aromatic N) is 1. The van der Waals surface area contributed by atoms with Crippen molar-refractivity contribution in [3.05, 3.63) is 24.4 Å². The maximum absolute atomic E-state index is 9.51. The van der Waals surface area contributed by atoms with Crippen molar-refractivity contribution in [3.8, 4) is 11.5 Å². The third-order valence-electron chi connectivity index (χ3n) is 2.15. The first-order chi connectivity index (χ1) is 7.24. The van der Waals surface area contributed by atoms with Gasteiger partial charge in [0.2, 0.25) is 0 Å². The Kier molecular flexibility index (Phi) is 2.47. The van der Waals surface area contributed by atoms with E-state index < -0.39 is 0 Å². The molecule has 1 heterocycles. The number of methoxy groups -OCH3 is 1. The van der Waals surface area contributed by atoms with Gasteiger partial charge in [-0.05, 0) is 11.5 Å². The van der Waals surface area contributed by atoms with E-state index in [0.717, 1.165) is 12.9 Å². The first-order valence-electron chi connectivity index (χ1n) is 4.39. The van der Waals surface area contributed by atoms with E-state index in [1.807, 2.05) is 0 Å². The summed E-state index contributed by atoms with van der Waals surface area (Å²) in [6.07, 6.45) is 1.52. The number of pyridine rings is 1. The van der Waals surface area contributed by atoms with E-state index in [2.05, 4.69) is 4.98 Å². The molecule has 0 atom stereocenters. The van der Waals surface area contributed by atoms with Gasteiger partial charge in [-0.2, -0.15) is 0 Å². The second kappa shape index (κ2) is 3.78. The highest BCUT2D eigenvalue weighted by Crippen LogP contribution is 2.29. The zero-order valence-electron chi connectivity index (χ0n) is 8.14. The number of hydrogen-bond donors (Lipinski definition) is 2. The standard InChI is InChI=1S/C10H9BNO3/c1-15-10-3-6-2-7(11-14)5-12-8(6)4-9(10)13/h2-5,13-14H,1H3. The SMILES string of the molecule is COc1cc2cc([B]O)cnc2cc1O. The van der Waals surface area contributed by atoms with Crippen LogP contribution in [0, 0.1) is 0 Å². The Morgan fingerprint density at radius 2 is 2.13 bits per heavy atom. The van der Waals surface area contributed by atoms with Gasteiger partial charge >= 0.3 is 7.48 Å². The van der Waals surface area contributed by atoms with Crippen molar-refractivity contribution in [3.63, 3.8) is 0 Å². The highest BCUT2D eigenvalue weighted by atomic mass is 16.5. The Morgan fingerprint density at radius 1 is 1.33 bits per heavy atom. The maximum atomic E-state index is 9.51. The van der Waals surface area contributed by atoms with Crippen LogP contribution in [0.4, 0.5) is 0 Å². The average Bonchev–Trinajstić information content (AvgIpc) is 2.27. The van der Waals surface area contributed by atoms with Crippen molar-refractivity contribution < 1.29 is 14.9 Å². The molecule has 0 amide bonds. The van der Waals surface area contributed by atoms with Gasteiger partial charge in [-0.15, -0.1) is 0 Å². The number of aromatic hydroxyl groups is 1.